The normalized spacial score (nSPS) is 21.2. The number of carbonyl (C=O) groups is 2. The maximum atomic E-state index is 12.4. The third-order valence-electron chi connectivity index (χ3n) is 1.62. The Balaban J connectivity index is 2.90. The number of alkyl halides is 3. The molecule has 0 bridgehead atoms. The summed E-state index contributed by atoms with van der Waals surface area (Å²) in [5.74, 6) is -0.669. The first-order valence-corrected chi connectivity index (χ1v) is 3.92. The van der Waals surface area contributed by atoms with E-state index < -0.39 is 29.9 Å². The Labute approximate surface area is 82.7 Å². The molecular weight excluding hydrogens is 215 g/mol. The monoisotopic (exact) mass is 223 g/mol. The van der Waals surface area contributed by atoms with Gasteiger partial charge >= 0.3 is 12.2 Å². The van der Waals surface area contributed by atoms with E-state index in [1.165, 1.54) is 0 Å². The van der Waals surface area contributed by atoms with Gasteiger partial charge in [-0.25, -0.2) is 4.79 Å². The molecule has 0 aromatic carbocycles. The van der Waals surface area contributed by atoms with Gasteiger partial charge in [0.2, 0.25) is 5.91 Å². The summed E-state index contributed by atoms with van der Waals surface area (Å²) >= 11 is 0. The lowest BCUT2D eigenvalue weighted by molar-refractivity contribution is -0.121. The van der Waals surface area contributed by atoms with Gasteiger partial charge in [-0.05, 0) is 0 Å². The fourth-order valence-corrected chi connectivity index (χ4v) is 1.04. The molecule has 1 aliphatic heterocycles. The molecule has 5 nitrogen and oxygen atoms in total. The first-order chi connectivity index (χ1) is 6.80. The average molecular weight is 223 g/mol. The maximum absolute atomic E-state index is 12.4. The van der Waals surface area contributed by atoms with E-state index in [0.29, 0.717) is 6.20 Å². The number of rotatable bonds is 1. The van der Waals surface area contributed by atoms with Crippen molar-refractivity contribution in [3.05, 3.63) is 11.8 Å². The SMILES string of the molecule is CC(=O)NC1NC(=O)NC=C1C(F)(F)F. The van der Waals surface area contributed by atoms with Gasteiger partial charge < -0.3 is 16.0 Å². The zero-order valence-corrected chi connectivity index (χ0v) is 7.61. The number of carbonyl (C=O) groups excluding carboxylic acids is 2. The second kappa shape index (κ2) is 3.79. The number of hydrogen-bond acceptors (Lipinski definition) is 2. The Morgan fingerprint density at radius 2 is 2.13 bits per heavy atom. The van der Waals surface area contributed by atoms with Crippen LogP contribution in [-0.4, -0.2) is 24.3 Å². The van der Waals surface area contributed by atoms with Crippen molar-refractivity contribution in [2.45, 2.75) is 19.3 Å². The Bertz CT molecular complexity index is 324. The minimum Gasteiger partial charge on any atom is -0.332 e. The van der Waals surface area contributed by atoms with Crippen molar-refractivity contribution < 1.29 is 22.8 Å². The highest BCUT2D eigenvalue weighted by molar-refractivity contribution is 5.79. The van der Waals surface area contributed by atoms with Gasteiger partial charge in [-0.2, -0.15) is 13.2 Å². The summed E-state index contributed by atoms with van der Waals surface area (Å²) in [5, 5.41) is 5.76. The average Bonchev–Trinajstić information content (AvgIpc) is 1.99. The van der Waals surface area contributed by atoms with Crippen molar-refractivity contribution in [3.63, 3.8) is 0 Å². The largest absolute Gasteiger partial charge is 0.417 e. The summed E-state index contributed by atoms with van der Waals surface area (Å²) in [5.41, 5.74) is -1.06. The van der Waals surface area contributed by atoms with Crippen molar-refractivity contribution in [2.75, 3.05) is 0 Å². The topological polar surface area (TPSA) is 70.2 Å². The van der Waals surface area contributed by atoms with Crippen LogP contribution in [0.25, 0.3) is 0 Å². The standard InChI is InChI=1S/C7H8F3N3O2/c1-3(14)12-5-4(7(8,9)10)2-11-6(15)13-5/h2,5H,1H3,(H,12,14)(H2,11,13,15). The van der Waals surface area contributed by atoms with E-state index in [2.05, 4.69) is 0 Å². The Morgan fingerprint density at radius 3 is 2.60 bits per heavy atom. The van der Waals surface area contributed by atoms with Gasteiger partial charge in [0.15, 0.2) is 0 Å². The number of urea groups is 1. The lowest BCUT2D eigenvalue weighted by Crippen LogP contribution is -2.56. The van der Waals surface area contributed by atoms with E-state index in [-0.39, 0.29) is 0 Å². The number of halogens is 3. The lowest BCUT2D eigenvalue weighted by atomic mass is 10.2. The molecule has 0 radical (unpaired) electrons. The molecule has 0 aromatic heterocycles. The van der Waals surface area contributed by atoms with Gasteiger partial charge in [0.25, 0.3) is 0 Å². The van der Waals surface area contributed by atoms with Crippen LogP contribution in [-0.2, 0) is 4.79 Å². The van der Waals surface area contributed by atoms with Gasteiger partial charge in [-0.1, -0.05) is 0 Å². The van der Waals surface area contributed by atoms with Crippen LogP contribution in [0.15, 0.2) is 11.8 Å². The summed E-state index contributed by atoms with van der Waals surface area (Å²) in [6, 6.07) is -0.804. The van der Waals surface area contributed by atoms with E-state index >= 15 is 0 Å². The van der Waals surface area contributed by atoms with Crippen LogP contribution in [0.3, 0.4) is 0 Å². The quantitative estimate of drug-likeness (QED) is 0.594. The molecule has 1 rings (SSSR count). The van der Waals surface area contributed by atoms with Crippen LogP contribution < -0.4 is 16.0 Å². The van der Waals surface area contributed by atoms with Gasteiger partial charge in [0.05, 0.1) is 5.57 Å². The van der Waals surface area contributed by atoms with Crippen LogP contribution in [0.5, 0.6) is 0 Å². The summed E-state index contributed by atoms with van der Waals surface area (Å²) in [7, 11) is 0. The van der Waals surface area contributed by atoms with Gasteiger partial charge in [0, 0.05) is 13.1 Å². The summed E-state index contributed by atoms with van der Waals surface area (Å²) < 4.78 is 37.1. The van der Waals surface area contributed by atoms with Gasteiger partial charge in [0.1, 0.15) is 6.17 Å². The Hall–Kier alpha value is -1.73. The van der Waals surface area contributed by atoms with E-state index in [1.807, 2.05) is 16.0 Å². The van der Waals surface area contributed by atoms with Crippen molar-refractivity contribution >= 4 is 11.9 Å². The zero-order chi connectivity index (χ0) is 11.6. The molecule has 0 aliphatic carbocycles. The molecule has 3 N–H and O–H groups in total. The lowest BCUT2D eigenvalue weighted by Gasteiger charge is -2.27. The summed E-state index contributed by atoms with van der Waals surface area (Å²) in [6.45, 7) is 1.06. The molecule has 1 heterocycles. The molecule has 3 amide bonds. The smallest absolute Gasteiger partial charge is 0.332 e. The van der Waals surface area contributed by atoms with Crippen LogP contribution in [0.2, 0.25) is 0 Å². The van der Waals surface area contributed by atoms with E-state index in [0.717, 1.165) is 6.92 Å². The maximum Gasteiger partial charge on any atom is 0.417 e. The Kier molecular flexibility index (Phi) is 2.87. The van der Waals surface area contributed by atoms with Crippen LogP contribution in [0.4, 0.5) is 18.0 Å². The molecule has 8 heteroatoms. The second-order valence-electron chi connectivity index (χ2n) is 2.85. The highest BCUT2D eigenvalue weighted by Crippen LogP contribution is 2.27. The van der Waals surface area contributed by atoms with E-state index in [9.17, 15) is 22.8 Å². The molecule has 0 saturated heterocycles. The predicted octanol–water partition coefficient (Wildman–Crippen LogP) is 0.208. The third kappa shape index (κ3) is 2.86. The second-order valence-corrected chi connectivity index (χ2v) is 2.85. The number of nitrogens with one attached hydrogen (secondary N) is 3. The van der Waals surface area contributed by atoms with Crippen LogP contribution in [0, 0.1) is 0 Å². The zero-order valence-electron chi connectivity index (χ0n) is 7.61. The molecule has 84 valence electrons. The first-order valence-electron chi connectivity index (χ1n) is 3.92. The van der Waals surface area contributed by atoms with Crippen molar-refractivity contribution in [3.8, 4) is 0 Å². The molecule has 1 atom stereocenters. The van der Waals surface area contributed by atoms with Crippen molar-refractivity contribution in [2.24, 2.45) is 0 Å². The molecule has 1 unspecified atom stereocenters. The minimum absolute atomic E-state index is 0.527. The molecule has 1 aliphatic rings. The molecular formula is C7H8F3N3O2. The Morgan fingerprint density at radius 1 is 1.53 bits per heavy atom. The van der Waals surface area contributed by atoms with Gasteiger partial charge in [-0.3, -0.25) is 4.79 Å². The molecule has 0 fully saturated rings. The van der Waals surface area contributed by atoms with Gasteiger partial charge in [-0.15, -0.1) is 0 Å². The summed E-state index contributed by atoms with van der Waals surface area (Å²) in [4.78, 5) is 21.4. The molecule has 15 heavy (non-hydrogen) atoms. The fourth-order valence-electron chi connectivity index (χ4n) is 1.04. The molecule has 0 saturated carbocycles. The summed E-state index contributed by atoms with van der Waals surface area (Å²) in [6.07, 6.45) is -5.64. The number of amides is 3. The van der Waals surface area contributed by atoms with E-state index in [4.69, 9.17) is 0 Å². The first kappa shape index (κ1) is 11.3. The van der Waals surface area contributed by atoms with Crippen LogP contribution in [0.1, 0.15) is 6.92 Å². The highest BCUT2D eigenvalue weighted by atomic mass is 19.4. The fraction of sp³-hybridized carbons (Fsp3) is 0.429. The molecule has 0 aromatic rings. The molecule has 0 spiro atoms. The number of hydrogen-bond donors (Lipinski definition) is 3. The van der Waals surface area contributed by atoms with Crippen LogP contribution >= 0.6 is 0 Å². The predicted molar refractivity (Wildman–Crippen MR) is 43.4 cm³/mol. The third-order valence-corrected chi connectivity index (χ3v) is 1.62. The van der Waals surface area contributed by atoms with E-state index in [1.54, 1.807) is 0 Å². The van der Waals surface area contributed by atoms with Crippen molar-refractivity contribution in [1.82, 2.24) is 16.0 Å². The minimum atomic E-state index is -4.62. The van der Waals surface area contributed by atoms with Crippen molar-refractivity contribution in [1.29, 1.82) is 0 Å². The highest BCUT2D eigenvalue weighted by Gasteiger charge is 2.41.